The summed E-state index contributed by atoms with van der Waals surface area (Å²) in [6.45, 7) is 2.08. The molecular formula is C18H16F2N2O4. The Morgan fingerprint density at radius 3 is 2.58 bits per heavy atom. The number of benzene rings is 1. The molecule has 1 aromatic heterocycles. The normalized spacial score (nSPS) is 12.6. The fourth-order valence-electron chi connectivity index (χ4n) is 3.27. The zero-order chi connectivity index (χ0) is 19.0. The molecule has 1 aliphatic rings. The van der Waals surface area contributed by atoms with Crippen LogP contribution in [0.4, 0.5) is 14.5 Å². The summed E-state index contributed by atoms with van der Waals surface area (Å²) in [5, 5.41) is 2.51. The first kappa shape index (κ1) is 17.8. The van der Waals surface area contributed by atoms with Gasteiger partial charge in [0.2, 0.25) is 0 Å². The number of carbonyl (C=O) groups excluding carboxylic acids is 3. The molecule has 1 aliphatic heterocycles. The maximum atomic E-state index is 13.3. The number of ether oxygens (including phenoxy) is 1. The lowest BCUT2D eigenvalue weighted by Gasteiger charge is -2.07. The second-order valence-corrected chi connectivity index (χ2v) is 5.95. The van der Waals surface area contributed by atoms with Gasteiger partial charge in [-0.2, -0.15) is 0 Å². The highest BCUT2D eigenvalue weighted by Crippen LogP contribution is 2.30. The Bertz CT molecular complexity index is 934. The van der Waals surface area contributed by atoms with Gasteiger partial charge in [-0.1, -0.05) is 0 Å². The first-order valence-corrected chi connectivity index (χ1v) is 7.96. The van der Waals surface area contributed by atoms with E-state index in [1.165, 1.54) is 6.07 Å². The Hall–Kier alpha value is -3.03. The van der Waals surface area contributed by atoms with Crippen LogP contribution in [0.15, 0.2) is 18.2 Å². The summed E-state index contributed by atoms with van der Waals surface area (Å²) in [7, 11) is 1.11. The Morgan fingerprint density at radius 1 is 1.19 bits per heavy atom. The number of carbonyl (C=O) groups is 3. The largest absolute Gasteiger partial charge is 0.463 e. The van der Waals surface area contributed by atoms with Crippen LogP contribution in [0.5, 0.6) is 0 Å². The van der Waals surface area contributed by atoms with E-state index in [1.807, 2.05) is 0 Å². The predicted octanol–water partition coefficient (Wildman–Crippen LogP) is 2.63. The number of rotatable bonds is 4. The molecule has 1 aromatic carbocycles. The molecular weight excluding hydrogens is 346 g/mol. The SMILES string of the molecule is COC(=O)C(=O)c1c(C)c(C(=O)Nc2ccc(F)c(F)c2)c2n1CCC2. The summed E-state index contributed by atoms with van der Waals surface area (Å²) in [6.07, 6.45) is 1.29. The van der Waals surface area contributed by atoms with Crippen LogP contribution in [-0.4, -0.2) is 29.3 Å². The van der Waals surface area contributed by atoms with Gasteiger partial charge in [-0.25, -0.2) is 13.6 Å². The van der Waals surface area contributed by atoms with Crippen molar-refractivity contribution in [2.75, 3.05) is 12.4 Å². The molecule has 3 rings (SSSR count). The van der Waals surface area contributed by atoms with Gasteiger partial charge in [-0.3, -0.25) is 9.59 Å². The zero-order valence-corrected chi connectivity index (χ0v) is 14.2. The van der Waals surface area contributed by atoms with E-state index < -0.39 is 29.3 Å². The van der Waals surface area contributed by atoms with Crippen LogP contribution in [0, 0.1) is 18.6 Å². The number of hydrogen-bond acceptors (Lipinski definition) is 4. The summed E-state index contributed by atoms with van der Waals surface area (Å²) in [5.74, 6) is -4.48. The number of methoxy groups -OCH3 is 1. The van der Waals surface area contributed by atoms with Gasteiger partial charge < -0.3 is 14.6 Å². The number of anilines is 1. The van der Waals surface area contributed by atoms with Gasteiger partial charge in [0.15, 0.2) is 11.6 Å². The van der Waals surface area contributed by atoms with Gasteiger partial charge in [0.1, 0.15) is 5.69 Å². The smallest absolute Gasteiger partial charge is 0.381 e. The number of nitrogens with one attached hydrogen (secondary N) is 1. The van der Waals surface area contributed by atoms with Crippen molar-refractivity contribution in [1.29, 1.82) is 0 Å². The Kier molecular flexibility index (Phi) is 4.58. The third-order valence-electron chi connectivity index (χ3n) is 4.40. The molecule has 0 atom stereocenters. The third kappa shape index (κ3) is 2.87. The number of hydrogen-bond donors (Lipinski definition) is 1. The molecule has 1 N–H and O–H groups in total. The lowest BCUT2D eigenvalue weighted by molar-refractivity contribution is -0.135. The molecule has 0 bridgehead atoms. The second-order valence-electron chi connectivity index (χ2n) is 5.95. The molecule has 2 heterocycles. The van der Waals surface area contributed by atoms with Crippen molar-refractivity contribution < 1.29 is 27.9 Å². The average molecular weight is 362 g/mol. The third-order valence-corrected chi connectivity index (χ3v) is 4.40. The number of esters is 1. The fraction of sp³-hybridized carbons (Fsp3) is 0.278. The molecule has 136 valence electrons. The van der Waals surface area contributed by atoms with E-state index in [9.17, 15) is 23.2 Å². The highest BCUT2D eigenvalue weighted by Gasteiger charge is 2.33. The molecule has 1 amide bonds. The van der Waals surface area contributed by atoms with E-state index >= 15 is 0 Å². The zero-order valence-electron chi connectivity index (χ0n) is 14.2. The lowest BCUT2D eigenvalue weighted by Crippen LogP contribution is -2.20. The molecule has 0 radical (unpaired) electrons. The number of ketones is 1. The van der Waals surface area contributed by atoms with Crippen LogP contribution in [0.3, 0.4) is 0 Å². The van der Waals surface area contributed by atoms with Crippen LogP contribution in [0.1, 0.15) is 38.5 Å². The number of halogens is 2. The minimum absolute atomic E-state index is 0.0899. The molecule has 8 heteroatoms. The summed E-state index contributed by atoms with van der Waals surface area (Å²) >= 11 is 0. The molecule has 0 spiro atoms. The van der Waals surface area contributed by atoms with Gasteiger partial charge in [0, 0.05) is 24.0 Å². The van der Waals surface area contributed by atoms with Crippen molar-refractivity contribution >= 4 is 23.3 Å². The van der Waals surface area contributed by atoms with Crippen molar-refractivity contribution in [3.8, 4) is 0 Å². The molecule has 2 aromatic rings. The topological polar surface area (TPSA) is 77.4 Å². The molecule has 26 heavy (non-hydrogen) atoms. The van der Waals surface area contributed by atoms with Crippen molar-refractivity contribution in [2.24, 2.45) is 0 Å². The second kappa shape index (κ2) is 6.70. The van der Waals surface area contributed by atoms with Crippen molar-refractivity contribution in [1.82, 2.24) is 4.57 Å². The van der Waals surface area contributed by atoms with Crippen LogP contribution < -0.4 is 5.32 Å². The van der Waals surface area contributed by atoms with E-state index in [0.717, 1.165) is 25.7 Å². The quantitative estimate of drug-likeness (QED) is 0.515. The van der Waals surface area contributed by atoms with E-state index in [2.05, 4.69) is 10.1 Å². The Balaban J connectivity index is 2.00. The van der Waals surface area contributed by atoms with E-state index in [1.54, 1.807) is 11.5 Å². The molecule has 0 fully saturated rings. The van der Waals surface area contributed by atoms with E-state index in [-0.39, 0.29) is 16.9 Å². The lowest BCUT2D eigenvalue weighted by atomic mass is 10.0. The summed E-state index contributed by atoms with van der Waals surface area (Å²) in [4.78, 5) is 36.7. The van der Waals surface area contributed by atoms with Crippen molar-refractivity contribution in [2.45, 2.75) is 26.3 Å². The average Bonchev–Trinajstić information content (AvgIpc) is 3.16. The first-order valence-electron chi connectivity index (χ1n) is 7.96. The minimum Gasteiger partial charge on any atom is -0.463 e. The van der Waals surface area contributed by atoms with Crippen LogP contribution >= 0.6 is 0 Å². The predicted molar refractivity (Wildman–Crippen MR) is 88.1 cm³/mol. The summed E-state index contributed by atoms with van der Waals surface area (Å²) < 4.78 is 32.5. The maximum Gasteiger partial charge on any atom is 0.381 e. The minimum atomic E-state index is -1.08. The van der Waals surface area contributed by atoms with E-state index in [4.69, 9.17) is 0 Å². The number of aromatic nitrogens is 1. The Labute approximate surface area is 147 Å². The van der Waals surface area contributed by atoms with Crippen LogP contribution in [0.25, 0.3) is 0 Å². The monoisotopic (exact) mass is 362 g/mol. The maximum absolute atomic E-state index is 13.3. The van der Waals surface area contributed by atoms with Crippen LogP contribution in [-0.2, 0) is 22.5 Å². The van der Waals surface area contributed by atoms with Gasteiger partial charge >= 0.3 is 5.97 Å². The molecule has 0 unspecified atom stereocenters. The summed E-state index contributed by atoms with van der Waals surface area (Å²) in [6, 6.07) is 3.02. The molecule has 0 saturated heterocycles. The highest BCUT2D eigenvalue weighted by molar-refractivity contribution is 6.40. The first-order chi connectivity index (χ1) is 12.3. The van der Waals surface area contributed by atoms with Gasteiger partial charge in [0.25, 0.3) is 11.7 Å². The number of nitrogens with zero attached hydrogens (tertiary/aromatic N) is 1. The number of amides is 1. The van der Waals surface area contributed by atoms with Gasteiger partial charge in [-0.05, 0) is 37.5 Å². The molecule has 0 aliphatic carbocycles. The number of Topliss-reactive ketones (excluding diaryl/α,β-unsaturated/α-hetero) is 1. The fourth-order valence-corrected chi connectivity index (χ4v) is 3.27. The van der Waals surface area contributed by atoms with Crippen molar-refractivity contribution in [3.05, 3.63) is 52.3 Å². The van der Waals surface area contributed by atoms with Gasteiger partial charge in [-0.15, -0.1) is 0 Å². The standard InChI is InChI=1S/C18H16F2N2O4/c1-9-14(17(24)21-10-5-6-11(19)12(20)8-10)13-4-3-7-22(13)15(9)16(23)18(25)26-2/h5-6,8H,3-4,7H2,1-2H3,(H,21,24). The Morgan fingerprint density at radius 2 is 1.92 bits per heavy atom. The number of fused-ring (bicyclic) bond motifs is 1. The van der Waals surface area contributed by atoms with Crippen LogP contribution in [0.2, 0.25) is 0 Å². The van der Waals surface area contributed by atoms with Gasteiger partial charge in [0.05, 0.1) is 12.7 Å². The molecule has 0 saturated carbocycles. The van der Waals surface area contributed by atoms with E-state index in [0.29, 0.717) is 24.2 Å². The van der Waals surface area contributed by atoms with Crippen molar-refractivity contribution in [3.63, 3.8) is 0 Å². The molecule has 6 nitrogen and oxygen atoms in total. The summed E-state index contributed by atoms with van der Waals surface area (Å²) in [5.41, 5.74) is 1.47. The highest BCUT2D eigenvalue weighted by atomic mass is 19.2.